The van der Waals surface area contributed by atoms with Crippen LogP contribution in [0.25, 0.3) is 0 Å². The van der Waals surface area contributed by atoms with Crippen LogP contribution < -0.4 is 5.30 Å². The minimum Gasteiger partial charge on any atom is -0.0620 e. The van der Waals surface area contributed by atoms with Crippen LogP contribution in [0.2, 0.25) is 0 Å². The van der Waals surface area contributed by atoms with Gasteiger partial charge in [-0.05, 0) is 26.0 Å². The zero-order valence-corrected chi connectivity index (χ0v) is 8.73. The zero-order valence-electron chi connectivity index (χ0n) is 7.83. The molecule has 1 heteroatoms. The average molecular weight is 177 g/mol. The highest BCUT2D eigenvalue weighted by atomic mass is 31.2. The lowest BCUT2D eigenvalue weighted by Gasteiger charge is -2.03. The van der Waals surface area contributed by atoms with Crippen LogP contribution in [-0.2, 0) is 0 Å². The summed E-state index contributed by atoms with van der Waals surface area (Å²) < 4.78 is 0. The van der Waals surface area contributed by atoms with Crippen LogP contribution in [0.5, 0.6) is 0 Å². The minimum absolute atomic E-state index is 0.867. The standard InChI is InChI=1S/C11H14P/c1-9-10(2)12(9,3)11-7-5-4-6-8-11/h4-8H,1-3H3/q+1. The number of hydrogen-bond donors (Lipinski definition) is 0. The summed E-state index contributed by atoms with van der Waals surface area (Å²) in [5.74, 6) is 0. The zero-order chi connectivity index (χ0) is 8.77. The lowest BCUT2D eigenvalue weighted by molar-refractivity contribution is 1.64. The third-order valence-corrected chi connectivity index (χ3v) is 7.55. The summed E-state index contributed by atoms with van der Waals surface area (Å²) >= 11 is 0. The van der Waals surface area contributed by atoms with Crippen molar-refractivity contribution in [3.05, 3.63) is 41.0 Å². The molecule has 1 aliphatic heterocycles. The topological polar surface area (TPSA) is 0 Å². The van der Waals surface area contributed by atoms with Crippen LogP contribution in [-0.4, -0.2) is 6.66 Å². The van der Waals surface area contributed by atoms with Gasteiger partial charge in [-0.1, -0.05) is 18.2 Å². The third-order valence-electron chi connectivity index (χ3n) is 3.09. The molecule has 0 radical (unpaired) electrons. The predicted molar refractivity (Wildman–Crippen MR) is 57.3 cm³/mol. The molecule has 0 saturated carbocycles. The van der Waals surface area contributed by atoms with E-state index in [1.54, 1.807) is 15.9 Å². The second-order valence-electron chi connectivity index (χ2n) is 3.51. The van der Waals surface area contributed by atoms with Gasteiger partial charge in [0.1, 0.15) is 23.2 Å². The highest BCUT2D eigenvalue weighted by Gasteiger charge is 2.55. The number of rotatable bonds is 1. The van der Waals surface area contributed by atoms with E-state index in [0.717, 1.165) is 0 Å². The summed E-state index contributed by atoms with van der Waals surface area (Å²) in [5, 5.41) is 4.84. The van der Waals surface area contributed by atoms with Gasteiger partial charge in [0, 0.05) is 0 Å². The van der Waals surface area contributed by atoms with E-state index in [1.165, 1.54) is 0 Å². The quantitative estimate of drug-likeness (QED) is 0.578. The average Bonchev–Trinajstić information content (AvgIpc) is 2.60. The molecule has 0 saturated heterocycles. The monoisotopic (exact) mass is 177 g/mol. The first kappa shape index (κ1) is 8.01. The Morgan fingerprint density at radius 2 is 1.42 bits per heavy atom. The molecule has 12 heavy (non-hydrogen) atoms. The lowest BCUT2D eigenvalue weighted by Crippen LogP contribution is -2.00. The molecular weight excluding hydrogens is 163 g/mol. The maximum Gasteiger partial charge on any atom is 0.116 e. The Labute approximate surface area is 74.6 Å². The van der Waals surface area contributed by atoms with E-state index in [4.69, 9.17) is 0 Å². The SMILES string of the molecule is CC1=C(C)[P+]1(C)c1ccccc1. The van der Waals surface area contributed by atoms with Crippen LogP contribution in [0.15, 0.2) is 41.0 Å². The van der Waals surface area contributed by atoms with Crippen molar-refractivity contribution in [1.82, 2.24) is 0 Å². The summed E-state index contributed by atoms with van der Waals surface area (Å²) in [6.45, 7) is 6.96. The summed E-state index contributed by atoms with van der Waals surface area (Å²) in [6, 6.07) is 10.9. The van der Waals surface area contributed by atoms with Crippen molar-refractivity contribution in [1.29, 1.82) is 0 Å². The molecule has 0 amide bonds. The molecule has 0 unspecified atom stereocenters. The van der Waals surface area contributed by atoms with Crippen molar-refractivity contribution < 1.29 is 0 Å². The summed E-state index contributed by atoms with van der Waals surface area (Å²) in [7, 11) is -0.867. The Morgan fingerprint density at radius 3 is 1.83 bits per heavy atom. The molecule has 0 aliphatic carbocycles. The van der Waals surface area contributed by atoms with Gasteiger partial charge in [-0.15, -0.1) is 0 Å². The highest BCUT2D eigenvalue weighted by molar-refractivity contribution is 7.95. The summed E-state index contributed by atoms with van der Waals surface area (Å²) in [5.41, 5.74) is 0. The van der Waals surface area contributed by atoms with Gasteiger partial charge in [-0.3, -0.25) is 0 Å². The normalized spacial score (nSPS) is 19.6. The molecule has 0 N–H and O–H groups in total. The van der Waals surface area contributed by atoms with E-state index in [1.807, 2.05) is 0 Å². The van der Waals surface area contributed by atoms with E-state index >= 15 is 0 Å². The van der Waals surface area contributed by atoms with Gasteiger partial charge in [0.2, 0.25) is 0 Å². The molecule has 1 aromatic rings. The molecule has 0 spiro atoms. The van der Waals surface area contributed by atoms with Gasteiger partial charge in [-0.25, -0.2) is 0 Å². The summed E-state index contributed by atoms with van der Waals surface area (Å²) in [6.07, 6.45) is 0. The molecule has 0 nitrogen and oxygen atoms in total. The third kappa shape index (κ3) is 0.881. The van der Waals surface area contributed by atoms with E-state index in [0.29, 0.717) is 0 Å². The highest BCUT2D eigenvalue weighted by Crippen LogP contribution is 2.82. The summed E-state index contributed by atoms with van der Waals surface area (Å²) in [4.78, 5) is 0. The number of benzene rings is 1. The van der Waals surface area contributed by atoms with Gasteiger partial charge < -0.3 is 0 Å². The molecule has 0 bridgehead atoms. The molecule has 0 atom stereocenters. The lowest BCUT2D eigenvalue weighted by atomic mass is 10.4. The molecule has 62 valence electrons. The largest absolute Gasteiger partial charge is 0.116 e. The fraction of sp³-hybridized carbons (Fsp3) is 0.273. The molecule has 1 aliphatic rings. The van der Waals surface area contributed by atoms with E-state index in [-0.39, 0.29) is 0 Å². The first-order valence-corrected chi connectivity index (χ1v) is 6.51. The van der Waals surface area contributed by atoms with Crippen LogP contribution >= 0.6 is 7.26 Å². The first-order valence-electron chi connectivity index (χ1n) is 4.28. The van der Waals surface area contributed by atoms with Gasteiger partial charge in [-0.2, -0.15) is 0 Å². The van der Waals surface area contributed by atoms with E-state index < -0.39 is 7.26 Å². The maximum absolute atomic E-state index is 2.41. The van der Waals surface area contributed by atoms with Crippen molar-refractivity contribution in [2.24, 2.45) is 0 Å². The van der Waals surface area contributed by atoms with Gasteiger partial charge in [0.15, 0.2) is 0 Å². The predicted octanol–water partition coefficient (Wildman–Crippen LogP) is 3.22. The van der Waals surface area contributed by atoms with Crippen molar-refractivity contribution in [3.8, 4) is 0 Å². The molecule has 0 fully saturated rings. The maximum atomic E-state index is 2.41. The molecular formula is C11H14P+. The van der Waals surface area contributed by atoms with Gasteiger partial charge >= 0.3 is 0 Å². The van der Waals surface area contributed by atoms with Crippen LogP contribution in [0.4, 0.5) is 0 Å². The van der Waals surface area contributed by atoms with Crippen LogP contribution in [0, 0.1) is 0 Å². The van der Waals surface area contributed by atoms with Crippen molar-refractivity contribution in [2.45, 2.75) is 13.8 Å². The number of hydrogen-bond acceptors (Lipinski definition) is 0. The molecule has 1 aromatic carbocycles. The number of allylic oxidation sites excluding steroid dienone is 2. The second kappa shape index (κ2) is 2.44. The van der Waals surface area contributed by atoms with Crippen LogP contribution in [0.1, 0.15) is 13.8 Å². The molecule has 2 rings (SSSR count). The first-order chi connectivity index (χ1) is 5.67. The van der Waals surface area contributed by atoms with Crippen molar-refractivity contribution in [3.63, 3.8) is 0 Å². The Morgan fingerprint density at radius 1 is 0.917 bits per heavy atom. The van der Waals surface area contributed by atoms with Gasteiger partial charge in [0.25, 0.3) is 0 Å². The molecule has 0 aromatic heterocycles. The molecule has 1 heterocycles. The second-order valence-corrected chi connectivity index (χ2v) is 7.38. The van der Waals surface area contributed by atoms with E-state index in [2.05, 4.69) is 50.8 Å². The van der Waals surface area contributed by atoms with Crippen molar-refractivity contribution in [2.75, 3.05) is 6.66 Å². The Bertz CT molecular complexity index is 323. The Kier molecular flexibility index (Phi) is 1.63. The minimum atomic E-state index is -0.867. The van der Waals surface area contributed by atoms with Crippen molar-refractivity contribution >= 4 is 12.6 Å². The Balaban J connectivity index is 2.36. The fourth-order valence-corrected chi connectivity index (χ4v) is 5.01. The smallest absolute Gasteiger partial charge is 0.0620 e. The van der Waals surface area contributed by atoms with E-state index in [9.17, 15) is 0 Å². The van der Waals surface area contributed by atoms with Gasteiger partial charge in [0.05, 0.1) is 6.66 Å². The van der Waals surface area contributed by atoms with Crippen LogP contribution in [0.3, 0.4) is 0 Å². The Hall–Kier alpha value is -0.610. The fourth-order valence-electron chi connectivity index (χ4n) is 1.75.